The standard InChI is InChI=1S/C10H8F3S.IO3/c1-7-6-8-4-2-3-5-9(8)14(7)10(11,12)13;2-1(3)4/h2-6H,1H3;/q+1;-1. The van der Waals surface area contributed by atoms with Crippen molar-refractivity contribution >= 4 is 20.6 Å². The van der Waals surface area contributed by atoms with Crippen molar-refractivity contribution < 1.29 is 44.5 Å². The van der Waals surface area contributed by atoms with E-state index in [-0.39, 0.29) is 0 Å². The largest absolute Gasteiger partial charge is 0.600 e. The highest BCUT2D eigenvalue weighted by molar-refractivity contribution is 7.38. The van der Waals surface area contributed by atoms with Gasteiger partial charge in [0.25, 0.3) is 21.1 Å². The number of hydrogen-bond donors (Lipinski definition) is 0. The SMILES string of the molecule is Cc1cc2ccccc2[s+]1C(F)(F)F.[O-][I+2]([O-])[O-]. The zero-order valence-corrected chi connectivity index (χ0v) is 12.0. The van der Waals surface area contributed by atoms with Gasteiger partial charge in [0, 0.05) is 18.4 Å². The van der Waals surface area contributed by atoms with Crippen LogP contribution in [0.3, 0.4) is 0 Å². The van der Waals surface area contributed by atoms with E-state index in [0.717, 1.165) is 0 Å². The normalized spacial score (nSPS) is 12.6. The van der Waals surface area contributed by atoms with Crippen molar-refractivity contribution in [1.82, 2.24) is 0 Å². The molecule has 1 unspecified atom stereocenters. The van der Waals surface area contributed by atoms with Crippen LogP contribution < -0.4 is 31.4 Å². The molecule has 0 aliphatic rings. The summed E-state index contributed by atoms with van der Waals surface area (Å²) in [5.74, 6) is 0. The first-order valence-electron chi connectivity index (χ1n) is 4.55. The summed E-state index contributed by atoms with van der Waals surface area (Å²) in [6.45, 7) is 1.54. The highest BCUT2D eigenvalue weighted by atomic mass is 127. The molecule has 0 bridgehead atoms. The van der Waals surface area contributed by atoms with Crippen molar-refractivity contribution in [1.29, 1.82) is 0 Å². The summed E-state index contributed by atoms with van der Waals surface area (Å²) >= 11 is -4.01. The Hall–Kier alpha value is -0.420. The van der Waals surface area contributed by atoms with E-state index in [1.54, 1.807) is 30.3 Å². The molecule has 0 aliphatic heterocycles. The Morgan fingerprint density at radius 3 is 2.11 bits per heavy atom. The zero-order chi connectivity index (χ0) is 13.9. The minimum Gasteiger partial charge on any atom is -0.427 e. The molecular weight excluding hydrogens is 384 g/mol. The lowest BCUT2D eigenvalue weighted by atomic mass is 10.2. The van der Waals surface area contributed by atoms with E-state index in [2.05, 4.69) is 0 Å². The topological polar surface area (TPSA) is 69.2 Å². The second kappa shape index (κ2) is 6.15. The van der Waals surface area contributed by atoms with E-state index < -0.39 is 37.0 Å². The number of hydrogen-bond acceptors (Lipinski definition) is 3. The maximum Gasteiger partial charge on any atom is 0.600 e. The molecule has 0 radical (unpaired) electrons. The third-order valence-corrected chi connectivity index (χ3v) is 4.09. The molecule has 0 N–H and O–H groups in total. The molecule has 0 saturated carbocycles. The van der Waals surface area contributed by atoms with Gasteiger partial charge in [0.2, 0.25) is 0 Å². The molecule has 0 fully saturated rings. The maximum absolute atomic E-state index is 12.7. The summed E-state index contributed by atoms with van der Waals surface area (Å²) in [7, 11) is -1.70. The minimum absolute atomic E-state index is 0.400. The molecule has 100 valence electrons. The monoisotopic (exact) mass is 392 g/mol. The highest BCUT2D eigenvalue weighted by Gasteiger charge is 2.46. The number of thiophene rings is 1. The van der Waals surface area contributed by atoms with Crippen LogP contribution in [0.5, 0.6) is 0 Å². The smallest absolute Gasteiger partial charge is 0.427 e. The van der Waals surface area contributed by atoms with E-state index in [1.807, 2.05) is 0 Å². The molecule has 3 nitrogen and oxygen atoms in total. The first-order valence-corrected chi connectivity index (χ1v) is 8.41. The predicted octanol–water partition coefficient (Wildman–Crippen LogP) is -2.19. The summed E-state index contributed by atoms with van der Waals surface area (Å²) < 4.78 is 64.1. The van der Waals surface area contributed by atoms with Crippen molar-refractivity contribution in [2.75, 3.05) is 0 Å². The van der Waals surface area contributed by atoms with Crippen molar-refractivity contribution in [3.8, 4) is 0 Å². The second-order valence-electron chi connectivity index (χ2n) is 3.23. The maximum atomic E-state index is 12.7. The molecular formula is C10H8F3IO3S. The lowest BCUT2D eigenvalue weighted by molar-refractivity contribution is -1.73. The van der Waals surface area contributed by atoms with E-state index >= 15 is 0 Å². The van der Waals surface area contributed by atoms with Crippen LogP contribution in [0.1, 0.15) is 4.88 Å². The fourth-order valence-corrected chi connectivity index (χ4v) is 3.33. The predicted molar refractivity (Wildman–Crippen MR) is 52.5 cm³/mol. The van der Waals surface area contributed by atoms with Crippen LogP contribution in [0.15, 0.2) is 30.3 Å². The molecule has 1 atom stereocenters. The zero-order valence-electron chi connectivity index (χ0n) is 9.03. The summed E-state index contributed by atoms with van der Waals surface area (Å²) in [5.41, 5.74) is -4.15. The number of fused-ring (bicyclic) bond motifs is 1. The Morgan fingerprint density at radius 1 is 1.11 bits per heavy atom. The molecule has 1 aromatic heterocycles. The third kappa shape index (κ3) is 4.05. The third-order valence-electron chi connectivity index (χ3n) is 2.05. The highest BCUT2D eigenvalue weighted by Crippen LogP contribution is 2.50. The summed E-state index contributed by atoms with van der Waals surface area (Å²) in [5, 5.41) is 0.700. The number of rotatable bonds is 0. The van der Waals surface area contributed by atoms with Crippen molar-refractivity contribution in [3.05, 3.63) is 35.2 Å². The quantitative estimate of drug-likeness (QED) is 0.378. The first-order chi connectivity index (χ1) is 8.23. The van der Waals surface area contributed by atoms with Crippen LogP contribution in [-0.4, -0.2) is 0 Å². The Morgan fingerprint density at radius 2 is 1.61 bits per heavy atom. The fraction of sp³-hybridized carbons (Fsp3) is 0.200. The molecule has 0 spiro atoms. The molecule has 2 aromatic rings. The molecule has 1 aromatic carbocycles. The van der Waals surface area contributed by atoms with Gasteiger partial charge in [0.1, 0.15) is 0 Å². The lowest BCUT2D eigenvalue weighted by Gasteiger charge is -1.96. The van der Waals surface area contributed by atoms with Gasteiger partial charge in [-0.05, 0) is 12.1 Å². The molecule has 1 heterocycles. The summed E-state index contributed by atoms with van der Waals surface area (Å²) in [6, 6.07) is 8.30. The molecule has 2 rings (SSSR count). The van der Waals surface area contributed by atoms with Crippen LogP contribution >= 0.6 is 10.5 Å². The van der Waals surface area contributed by atoms with Gasteiger partial charge < -0.3 is 10.3 Å². The van der Waals surface area contributed by atoms with Gasteiger partial charge in [-0.1, -0.05) is 12.1 Å². The van der Waals surface area contributed by atoms with Crippen molar-refractivity contribution in [2.45, 2.75) is 12.4 Å². The van der Waals surface area contributed by atoms with Crippen LogP contribution in [-0.2, 0) is 5.51 Å². The number of halogens is 4. The molecule has 0 aliphatic carbocycles. The van der Waals surface area contributed by atoms with Crippen LogP contribution in [0.25, 0.3) is 10.1 Å². The summed E-state index contributed by atoms with van der Waals surface area (Å²) in [6.07, 6.45) is 0. The van der Waals surface area contributed by atoms with E-state index in [0.29, 0.717) is 15.0 Å². The van der Waals surface area contributed by atoms with Gasteiger partial charge in [-0.15, -0.1) is 13.2 Å². The molecule has 8 heteroatoms. The van der Waals surface area contributed by atoms with Gasteiger partial charge in [-0.3, -0.25) is 0 Å². The first kappa shape index (κ1) is 15.6. The summed E-state index contributed by atoms with van der Waals surface area (Å²) in [4.78, 5) is 0.402. The van der Waals surface area contributed by atoms with Gasteiger partial charge in [-0.2, -0.15) is 0 Å². The van der Waals surface area contributed by atoms with Crippen LogP contribution in [0, 0.1) is 6.92 Å². The number of aryl methyl sites for hydroxylation is 1. The Bertz CT molecular complexity index is 522. The van der Waals surface area contributed by atoms with Crippen molar-refractivity contribution in [2.24, 2.45) is 0 Å². The minimum atomic E-state index is -4.15. The number of benzene rings is 1. The lowest BCUT2D eigenvalue weighted by Crippen LogP contribution is -4.05. The van der Waals surface area contributed by atoms with E-state index in [9.17, 15) is 13.2 Å². The Balaban J connectivity index is 0.000000357. The average molecular weight is 392 g/mol. The van der Waals surface area contributed by atoms with Crippen LogP contribution in [0.2, 0.25) is 0 Å². The van der Waals surface area contributed by atoms with Gasteiger partial charge >= 0.3 is 5.51 Å². The molecule has 18 heavy (non-hydrogen) atoms. The van der Waals surface area contributed by atoms with E-state index in [4.69, 9.17) is 10.3 Å². The van der Waals surface area contributed by atoms with Gasteiger partial charge in [-0.25, -0.2) is 0 Å². The number of alkyl halides is 3. The molecule has 0 amide bonds. The Labute approximate surface area is 113 Å². The van der Waals surface area contributed by atoms with Crippen molar-refractivity contribution in [3.63, 3.8) is 0 Å². The van der Waals surface area contributed by atoms with E-state index in [1.165, 1.54) is 6.92 Å². The van der Waals surface area contributed by atoms with Gasteiger partial charge in [0.05, 0.1) is 10.5 Å². The average Bonchev–Trinajstić information content (AvgIpc) is 2.51. The molecule has 0 saturated heterocycles. The van der Waals surface area contributed by atoms with Crippen LogP contribution in [0.4, 0.5) is 13.2 Å². The fourth-order valence-electron chi connectivity index (χ4n) is 1.54. The second-order valence-corrected chi connectivity index (χ2v) is 6.47. The van der Waals surface area contributed by atoms with Gasteiger partial charge in [0.15, 0.2) is 9.58 Å². The Kier molecular flexibility index (Phi) is 5.34.